The van der Waals surface area contributed by atoms with E-state index in [0.29, 0.717) is 11.3 Å². The van der Waals surface area contributed by atoms with Gasteiger partial charge in [-0.2, -0.15) is 5.10 Å². The Bertz CT molecular complexity index is 1530. The van der Waals surface area contributed by atoms with Gasteiger partial charge in [0.2, 0.25) is 5.76 Å². The molecule has 0 aliphatic heterocycles. The Morgan fingerprint density at radius 1 is 0.971 bits per heavy atom. The highest BCUT2D eigenvalue weighted by atomic mass is 16.5. The first-order chi connectivity index (χ1) is 17.1. The molecular weight excluding hydrogens is 442 g/mol. The number of ether oxygens (including phenoxy) is 1. The number of carbonyl (C=O) groups is 2. The zero-order valence-corrected chi connectivity index (χ0v) is 18.8. The molecule has 0 fully saturated rings. The zero-order valence-electron chi connectivity index (χ0n) is 18.8. The molecule has 5 rings (SSSR count). The van der Waals surface area contributed by atoms with Crippen LogP contribution in [0.5, 0.6) is 5.75 Å². The number of hydrogen-bond donors (Lipinski definition) is 2. The molecule has 0 spiro atoms. The van der Waals surface area contributed by atoms with E-state index >= 15 is 0 Å². The second kappa shape index (κ2) is 9.52. The third-order valence-corrected chi connectivity index (χ3v) is 5.46. The minimum atomic E-state index is -0.624. The van der Waals surface area contributed by atoms with E-state index in [-0.39, 0.29) is 17.4 Å². The van der Waals surface area contributed by atoms with Crippen LogP contribution in [0.25, 0.3) is 22.0 Å². The summed E-state index contributed by atoms with van der Waals surface area (Å²) in [6.45, 7) is 2.02. The van der Waals surface area contributed by atoms with Gasteiger partial charge in [-0.15, -0.1) is 0 Å². The van der Waals surface area contributed by atoms with Crippen LogP contribution in [0.2, 0.25) is 0 Å². The molecule has 0 atom stereocenters. The van der Waals surface area contributed by atoms with Gasteiger partial charge < -0.3 is 14.1 Å². The third kappa shape index (κ3) is 4.60. The smallest absolute Gasteiger partial charge is 0.379 e. The molecule has 0 saturated heterocycles. The number of H-pyrrole nitrogens is 1. The fourth-order valence-corrected chi connectivity index (χ4v) is 3.82. The molecule has 2 heterocycles. The molecule has 0 bridgehead atoms. The van der Waals surface area contributed by atoms with E-state index in [2.05, 4.69) is 21.6 Å². The number of aromatic amines is 1. The summed E-state index contributed by atoms with van der Waals surface area (Å²) in [5, 5.41) is 5.07. The number of rotatable bonds is 6. The fourth-order valence-electron chi connectivity index (χ4n) is 3.82. The number of hydrogen-bond acceptors (Lipinski definition) is 5. The van der Waals surface area contributed by atoms with E-state index in [1.807, 2.05) is 49.4 Å². The number of fused-ring (bicyclic) bond motifs is 1. The van der Waals surface area contributed by atoms with Gasteiger partial charge in [-0.25, -0.2) is 10.2 Å². The lowest BCUT2D eigenvalue weighted by Gasteiger charge is -2.06. The summed E-state index contributed by atoms with van der Waals surface area (Å²) in [5.41, 5.74) is 7.20. The van der Waals surface area contributed by atoms with Gasteiger partial charge in [0.1, 0.15) is 11.4 Å². The number of hydrazone groups is 1. The van der Waals surface area contributed by atoms with Crippen molar-refractivity contribution in [1.82, 2.24) is 10.4 Å². The van der Waals surface area contributed by atoms with Crippen LogP contribution < -0.4 is 10.2 Å². The van der Waals surface area contributed by atoms with Gasteiger partial charge in [0.05, 0.1) is 12.5 Å². The molecule has 2 aromatic heterocycles. The molecule has 3 aromatic carbocycles. The van der Waals surface area contributed by atoms with Crippen molar-refractivity contribution in [2.24, 2.45) is 5.10 Å². The lowest BCUT2D eigenvalue weighted by molar-refractivity contribution is 0.0701. The van der Waals surface area contributed by atoms with Crippen molar-refractivity contribution in [2.75, 3.05) is 0 Å². The molecule has 7 heteroatoms. The topological polar surface area (TPSA) is 96.7 Å². The summed E-state index contributed by atoms with van der Waals surface area (Å²) in [4.78, 5) is 28.6. The number of benzene rings is 3. The van der Waals surface area contributed by atoms with E-state index in [1.165, 1.54) is 18.5 Å². The van der Waals surface area contributed by atoms with Gasteiger partial charge >= 0.3 is 5.97 Å². The summed E-state index contributed by atoms with van der Waals surface area (Å²) in [6.07, 6.45) is 2.83. The van der Waals surface area contributed by atoms with Gasteiger partial charge in [-0.05, 0) is 48.9 Å². The predicted octanol–water partition coefficient (Wildman–Crippen LogP) is 5.72. The highest BCUT2D eigenvalue weighted by molar-refractivity contribution is 6.10. The van der Waals surface area contributed by atoms with Gasteiger partial charge in [0.15, 0.2) is 0 Å². The number of nitrogens with one attached hydrogen (secondary N) is 2. The van der Waals surface area contributed by atoms with Crippen LogP contribution in [0.3, 0.4) is 0 Å². The molecule has 5 aromatic rings. The molecule has 1 amide bonds. The highest BCUT2D eigenvalue weighted by Crippen LogP contribution is 2.33. The molecule has 7 nitrogen and oxygen atoms in total. The Morgan fingerprint density at radius 3 is 2.57 bits per heavy atom. The maximum atomic E-state index is 13.1. The standard InChI is InChI=1S/C28H21N3O4/c1-18-13-14-22-21(16-18)25(19-8-3-2-4-9-19)26(30-22)27(32)31-29-17-20-10-5-6-11-23(20)35-28(33)24-12-7-15-34-24/h2-17,30H,1H3,(H,31,32). The number of furan rings is 1. The summed E-state index contributed by atoms with van der Waals surface area (Å²) < 4.78 is 10.5. The second-order valence-electron chi connectivity index (χ2n) is 7.89. The van der Waals surface area contributed by atoms with Crippen molar-refractivity contribution in [3.05, 3.63) is 114 Å². The van der Waals surface area contributed by atoms with E-state index in [4.69, 9.17) is 9.15 Å². The van der Waals surface area contributed by atoms with Crippen LogP contribution >= 0.6 is 0 Å². The van der Waals surface area contributed by atoms with Crippen molar-refractivity contribution in [2.45, 2.75) is 6.92 Å². The third-order valence-electron chi connectivity index (χ3n) is 5.46. The number of carbonyl (C=O) groups excluding carboxylic acids is 2. The van der Waals surface area contributed by atoms with E-state index in [9.17, 15) is 9.59 Å². The highest BCUT2D eigenvalue weighted by Gasteiger charge is 2.19. The fraction of sp³-hybridized carbons (Fsp3) is 0.0357. The van der Waals surface area contributed by atoms with Crippen LogP contribution in [0.4, 0.5) is 0 Å². The number of aromatic nitrogens is 1. The van der Waals surface area contributed by atoms with Crippen LogP contribution in [0, 0.1) is 6.92 Å². The minimum absolute atomic E-state index is 0.0903. The minimum Gasteiger partial charge on any atom is -0.457 e. The molecule has 0 unspecified atom stereocenters. The predicted molar refractivity (Wildman–Crippen MR) is 134 cm³/mol. The number of esters is 1. The van der Waals surface area contributed by atoms with Crippen molar-refractivity contribution in [3.8, 4) is 16.9 Å². The Kier molecular flexibility index (Phi) is 5.96. The lowest BCUT2D eigenvalue weighted by Crippen LogP contribution is -2.19. The van der Waals surface area contributed by atoms with Crippen molar-refractivity contribution >= 4 is 29.0 Å². The van der Waals surface area contributed by atoms with E-state index < -0.39 is 5.97 Å². The van der Waals surface area contributed by atoms with Crippen molar-refractivity contribution in [1.29, 1.82) is 0 Å². The van der Waals surface area contributed by atoms with Crippen LogP contribution in [0.15, 0.2) is 101 Å². The number of aryl methyl sites for hydroxylation is 1. The Hall–Kier alpha value is -4.91. The summed E-state index contributed by atoms with van der Waals surface area (Å²) in [6, 6.07) is 25.7. The maximum Gasteiger partial charge on any atom is 0.379 e. The average molecular weight is 463 g/mol. The van der Waals surface area contributed by atoms with Crippen molar-refractivity contribution in [3.63, 3.8) is 0 Å². The molecule has 0 aliphatic carbocycles. The first-order valence-corrected chi connectivity index (χ1v) is 11.0. The quantitative estimate of drug-likeness (QED) is 0.146. The molecule has 0 saturated carbocycles. The van der Waals surface area contributed by atoms with E-state index in [0.717, 1.165) is 27.6 Å². The van der Waals surface area contributed by atoms with Gasteiger partial charge in [0.25, 0.3) is 5.91 Å². The van der Waals surface area contributed by atoms with Gasteiger partial charge in [0, 0.05) is 22.0 Å². The molecule has 2 N–H and O–H groups in total. The first kappa shape index (κ1) is 21.9. The Morgan fingerprint density at radius 2 is 1.77 bits per heavy atom. The largest absolute Gasteiger partial charge is 0.457 e. The Labute approximate surface area is 201 Å². The lowest BCUT2D eigenvalue weighted by atomic mass is 10.0. The number of amides is 1. The van der Waals surface area contributed by atoms with Crippen LogP contribution in [-0.4, -0.2) is 23.1 Å². The number of para-hydroxylation sites is 1. The molecular formula is C28H21N3O4. The molecule has 0 aliphatic rings. The Balaban J connectivity index is 1.40. The second-order valence-corrected chi connectivity index (χ2v) is 7.89. The monoisotopic (exact) mass is 463 g/mol. The van der Waals surface area contributed by atoms with E-state index in [1.54, 1.807) is 30.3 Å². The summed E-state index contributed by atoms with van der Waals surface area (Å²) in [5.74, 6) is -0.634. The van der Waals surface area contributed by atoms with Gasteiger partial charge in [-0.1, -0.05) is 54.1 Å². The summed E-state index contributed by atoms with van der Waals surface area (Å²) >= 11 is 0. The molecule has 35 heavy (non-hydrogen) atoms. The molecule has 172 valence electrons. The van der Waals surface area contributed by atoms with Crippen molar-refractivity contribution < 1.29 is 18.7 Å². The average Bonchev–Trinajstić information content (AvgIpc) is 3.54. The van der Waals surface area contributed by atoms with Gasteiger partial charge in [-0.3, -0.25) is 4.79 Å². The normalized spacial score (nSPS) is 11.1. The van der Waals surface area contributed by atoms with Crippen LogP contribution in [0.1, 0.15) is 32.2 Å². The number of nitrogens with zero attached hydrogens (tertiary/aromatic N) is 1. The van der Waals surface area contributed by atoms with Crippen LogP contribution in [-0.2, 0) is 0 Å². The summed E-state index contributed by atoms with van der Waals surface area (Å²) in [7, 11) is 0. The zero-order chi connectivity index (χ0) is 24.2. The molecule has 0 radical (unpaired) electrons. The maximum absolute atomic E-state index is 13.1. The first-order valence-electron chi connectivity index (χ1n) is 11.0. The SMILES string of the molecule is Cc1ccc2[nH]c(C(=O)NN=Cc3ccccc3OC(=O)c3ccco3)c(-c3ccccc3)c2c1.